The molecule has 0 amide bonds. The number of thioether (sulfide) groups is 1. The molecule has 7 nitrogen and oxygen atoms in total. The molecule has 2 aromatic carbocycles. The fourth-order valence-electron chi connectivity index (χ4n) is 3.31. The molecule has 0 atom stereocenters. The Kier molecular flexibility index (Phi) is 6.91. The lowest BCUT2D eigenvalue weighted by molar-refractivity contribution is 0.0598. The molecule has 0 fully saturated rings. The van der Waals surface area contributed by atoms with E-state index in [1.807, 2.05) is 42.5 Å². The minimum absolute atomic E-state index is 0.418. The molecule has 0 bridgehead atoms. The molecule has 2 heterocycles. The van der Waals surface area contributed by atoms with Crippen LogP contribution in [-0.4, -0.2) is 35.0 Å². The van der Waals surface area contributed by atoms with Crippen molar-refractivity contribution < 1.29 is 18.7 Å². The molecule has 0 saturated heterocycles. The summed E-state index contributed by atoms with van der Waals surface area (Å²) in [6, 6.07) is 19.7. The minimum atomic E-state index is -0.418. The SMILES string of the molecule is COC(=O)c1ccoc1CSc1nnc(-c2ccc(OC)cc2)n1CCc1ccccc1. The number of benzene rings is 2. The monoisotopic (exact) mass is 449 g/mol. The first-order valence-electron chi connectivity index (χ1n) is 10.1. The second-order valence-corrected chi connectivity index (χ2v) is 7.90. The number of ether oxygens (including phenoxy) is 2. The molecule has 0 N–H and O–H groups in total. The van der Waals surface area contributed by atoms with Crippen molar-refractivity contribution in [2.24, 2.45) is 0 Å². The molecule has 0 aliphatic heterocycles. The van der Waals surface area contributed by atoms with Gasteiger partial charge in [-0.15, -0.1) is 10.2 Å². The van der Waals surface area contributed by atoms with E-state index in [0.717, 1.165) is 28.7 Å². The summed E-state index contributed by atoms with van der Waals surface area (Å²) < 4.78 is 17.7. The molecule has 0 aliphatic rings. The van der Waals surface area contributed by atoms with Crippen LogP contribution in [0.4, 0.5) is 0 Å². The number of methoxy groups -OCH3 is 2. The van der Waals surface area contributed by atoms with Crippen LogP contribution in [0.1, 0.15) is 21.7 Å². The number of furan rings is 1. The van der Waals surface area contributed by atoms with Gasteiger partial charge in [-0.1, -0.05) is 42.1 Å². The number of hydrogen-bond acceptors (Lipinski definition) is 7. The second-order valence-electron chi connectivity index (χ2n) is 6.96. The first-order chi connectivity index (χ1) is 15.7. The average Bonchev–Trinajstić information content (AvgIpc) is 3.48. The van der Waals surface area contributed by atoms with Gasteiger partial charge in [0.1, 0.15) is 17.1 Å². The van der Waals surface area contributed by atoms with Crippen molar-refractivity contribution in [3.8, 4) is 17.1 Å². The molecule has 0 saturated carbocycles. The Morgan fingerprint density at radius 2 is 1.81 bits per heavy atom. The van der Waals surface area contributed by atoms with Gasteiger partial charge < -0.3 is 18.5 Å². The van der Waals surface area contributed by atoms with Crippen molar-refractivity contribution in [1.82, 2.24) is 14.8 Å². The van der Waals surface area contributed by atoms with E-state index in [1.54, 1.807) is 13.2 Å². The molecule has 2 aromatic heterocycles. The molecule has 32 heavy (non-hydrogen) atoms. The zero-order chi connectivity index (χ0) is 22.3. The van der Waals surface area contributed by atoms with E-state index >= 15 is 0 Å². The van der Waals surface area contributed by atoms with Crippen LogP contribution < -0.4 is 4.74 Å². The van der Waals surface area contributed by atoms with Crippen LogP contribution in [0.3, 0.4) is 0 Å². The summed E-state index contributed by atoms with van der Waals surface area (Å²) in [6.07, 6.45) is 2.33. The summed E-state index contributed by atoms with van der Waals surface area (Å²) in [5, 5.41) is 9.63. The fourth-order valence-corrected chi connectivity index (χ4v) is 4.23. The van der Waals surface area contributed by atoms with E-state index in [4.69, 9.17) is 13.9 Å². The Balaban J connectivity index is 1.60. The second kappa shape index (κ2) is 10.2. The molecule has 8 heteroatoms. The summed E-state index contributed by atoms with van der Waals surface area (Å²) in [5.74, 6) is 2.12. The highest BCUT2D eigenvalue weighted by molar-refractivity contribution is 7.98. The number of aryl methyl sites for hydroxylation is 1. The first-order valence-corrected chi connectivity index (χ1v) is 11.1. The van der Waals surface area contributed by atoms with Crippen molar-refractivity contribution in [2.75, 3.05) is 14.2 Å². The van der Waals surface area contributed by atoms with E-state index in [9.17, 15) is 4.79 Å². The molecular weight excluding hydrogens is 426 g/mol. The zero-order valence-electron chi connectivity index (χ0n) is 17.9. The topological polar surface area (TPSA) is 79.4 Å². The van der Waals surface area contributed by atoms with Gasteiger partial charge in [0, 0.05) is 12.1 Å². The number of nitrogens with zero attached hydrogens (tertiary/aromatic N) is 3. The Hall–Kier alpha value is -3.52. The molecule has 164 valence electrons. The summed E-state index contributed by atoms with van der Waals surface area (Å²) >= 11 is 1.47. The van der Waals surface area contributed by atoms with Crippen LogP contribution in [0, 0.1) is 0 Å². The Labute approximate surface area is 190 Å². The maximum atomic E-state index is 11.9. The predicted molar refractivity (Wildman–Crippen MR) is 122 cm³/mol. The van der Waals surface area contributed by atoms with Gasteiger partial charge in [0.05, 0.1) is 26.2 Å². The van der Waals surface area contributed by atoms with Crippen LogP contribution in [-0.2, 0) is 23.5 Å². The smallest absolute Gasteiger partial charge is 0.341 e. The van der Waals surface area contributed by atoms with Crippen LogP contribution in [0.5, 0.6) is 5.75 Å². The van der Waals surface area contributed by atoms with Gasteiger partial charge in [-0.3, -0.25) is 0 Å². The normalized spacial score (nSPS) is 10.8. The fraction of sp³-hybridized carbons (Fsp3) is 0.208. The van der Waals surface area contributed by atoms with Gasteiger partial charge in [0.2, 0.25) is 0 Å². The third-order valence-electron chi connectivity index (χ3n) is 5.02. The summed E-state index contributed by atoms with van der Waals surface area (Å²) in [7, 11) is 3.00. The number of rotatable bonds is 9. The average molecular weight is 450 g/mol. The molecule has 4 aromatic rings. The Morgan fingerprint density at radius 1 is 1.03 bits per heavy atom. The maximum absolute atomic E-state index is 11.9. The number of esters is 1. The van der Waals surface area contributed by atoms with Gasteiger partial charge in [0.15, 0.2) is 11.0 Å². The maximum Gasteiger partial charge on any atom is 0.341 e. The Morgan fingerprint density at radius 3 is 2.53 bits per heavy atom. The zero-order valence-corrected chi connectivity index (χ0v) is 18.7. The van der Waals surface area contributed by atoms with Crippen molar-refractivity contribution in [3.05, 3.63) is 83.8 Å². The summed E-state index contributed by atoms with van der Waals surface area (Å²) in [6.45, 7) is 0.711. The standard InChI is InChI=1S/C24H23N3O4S/c1-29-19-10-8-18(9-11-19)22-25-26-24(27(22)14-12-17-6-4-3-5-7-17)32-16-21-20(13-15-31-21)23(28)30-2/h3-11,13,15H,12,14,16H2,1-2H3. The molecule has 0 spiro atoms. The van der Waals surface area contributed by atoms with Crippen molar-refractivity contribution in [2.45, 2.75) is 23.9 Å². The lowest BCUT2D eigenvalue weighted by Gasteiger charge is -2.11. The summed E-state index contributed by atoms with van der Waals surface area (Å²) in [5.41, 5.74) is 2.61. The summed E-state index contributed by atoms with van der Waals surface area (Å²) in [4.78, 5) is 11.9. The highest BCUT2D eigenvalue weighted by Crippen LogP contribution is 2.29. The third-order valence-corrected chi connectivity index (χ3v) is 5.98. The van der Waals surface area contributed by atoms with Gasteiger partial charge in [-0.25, -0.2) is 4.79 Å². The van der Waals surface area contributed by atoms with Crippen LogP contribution in [0.25, 0.3) is 11.4 Å². The van der Waals surface area contributed by atoms with E-state index in [0.29, 0.717) is 23.6 Å². The minimum Gasteiger partial charge on any atom is -0.497 e. The van der Waals surface area contributed by atoms with E-state index < -0.39 is 5.97 Å². The molecule has 4 rings (SSSR count). The number of aromatic nitrogens is 3. The largest absolute Gasteiger partial charge is 0.497 e. The van der Waals surface area contributed by atoms with Crippen molar-refractivity contribution in [3.63, 3.8) is 0 Å². The van der Waals surface area contributed by atoms with Gasteiger partial charge >= 0.3 is 5.97 Å². The van der Waals surface area contributed by atoms with Crippen LogP contribution in [0.2, 0.25) is 0 Å². The molecule has 0 radical (unpaired) electrons. The van der Waals surface area contributed by atoms with Gasteiger partial charge in [-0.05, 0) is 42.3 Å². The van der Waals surface area contributed by atoms with Crippen molar-refractivity contribution >= 4 is 17.7 Å². The highest BCUT2D eigenvalue weighted by Gasteiger charge is 2.19. The highest BCUT2D eigenvalue weighted by atomic mass is 32.2. The van der Waals surface area contributed by atoms with Gasteiger partial charge in [-0.2, -0.15) is 0 Å². The quantitative estimate of drug-likeness (QED) is 0.266. The Bertz CT molecular complexity index is 1170. The van der Waals surface area contributed by atoms with Gasteiger partial charge in [0.25, 0.3) is 0 Å². The molecule has 0 aliphatic carbocycles. The third kappa shape index (κ3) is 4.86. The predicted octanol–water partition coefficient (Wildman–Crippen LogP) is 4.87. The molecule has 0 unspecified atom stereocenters. The molecular formula is C24H23N3O4S. The van der Waals surface area contributed by atoms with E-state index in [-0.39, 0.29) is 0 Å². The lowest BCUT2D eigenvalue weighted by Crippen LogP contribution is -2.06. The lowest BCUT2D eigenvalue weighted by atomic mass is 10.1. The van der Waals surface area contributed by atoms with E-state index in [2.05, 4.69) is 26.9 Å². The number of carbonyl (C=O) groups excluding carboxylic acids is 1. The van der Waals surface area contributed by atoms with Crippen LogP contribution >= 0.6 is 11.8 Å². The first kappa shape index (κ1) is 21.7. The van der Waals surface area contributed by atoms with Crippen LogP contribution in [0.15, 0.2) is 76.5 Å². The number of carbonyl (C=O) groups is 1. The van der Waals surface area contributed by atoms with Crippen molar-refractivity contribution in [1.29, 1.82) is 0 Å². The van der Waals surface area contributed by atoms with E-state index in [1.165, 1.54) is 30.7 Å². The number of hydrogen-bond donors (Lipinski definition) is 0.